The molecule has 0 fully saturated rings. The molecule has 0 aliphatic carbocycles. The highest BCUT2D eigenvalue weighted by atomic mass is 15.3. The van der Waals surface area contributed by atoms with E-state index in [-0.39, 0.29) is 0 Å². The van der Waals surface area contributed by atoms with Gasteiger partial charge in [0.2, 0.25) is 0 Å². The molecule has 0 saturated carbocycles. The number of hydrogen-bond donors (Lipinski definition) is 2. The van der Waals surface area contributed by atoms with E-state index >= 15 is 0 Å². The van der Waals surface area contributed by atoms with Crippen LogP contribution >= 0.6 is 0 Å². The summed E-state index contributed by atoms with van der Waals surface area (Å²) in [5.74, 6) is 0.842. The van der Waals surface area contributed by atoms with Gasteiger partial charge in [-0.2, -0.15) is 5.10 Å². The minimum absolute atomic E-state index is 0.839. The number of nitrogens with zero attached hydrogens (tertiary/aromatic N) is 3. The molecule has 0 spiro atoms. The van der Waals surface area contributed by atoms with Crippen molar-refractivity contribution < 1.29 is 0 Å². The Kier molecular flexibility index (Phi) is 6.42. The van der Waals surface area contributed by atoms with E-state index in [1.807, 2.05) is 23.0 Å². The van der Waals surface area contributed by atoms with Crippen molar-refractivity contribution in [2.75, 3.05) is 20.1 Å². The fraction of sp³-hybridized carbons (Fsp3) is 0.238. The molecule has 5 heteroatoms. The number of aliphatic imine (C=N–C) groups is 1. The second-order valence-corrected chi connectivity index (χ2v) is 6.03. The van der Waals surface area contributed by atoms with Crippen LogP contribution in [0.5, 0.6) is 0 Å². The van der Waals surface area contributed by atoms with Crippen LogP contribution in [0, 0.1) is 0 Å². The quantitative estimate of drug-likeness (QED) is 0.510. The van der Waals surface area contributed by atoms with E-state index in [4.69, 9.17) is 0 Å². The van der Waals surface area contributed by atoms with Gasteiger partial charge >= 0.3 is 0 Å². The van der Waals surface area contributed by atoms with E-state index < -0.39 is 0 Å². The first-order chi connectivity index (χ1) is 12.8. The van der Waals surface area contributed by atoms with E-state index in [9.17, 15) is 0 Å². The molecule has 5 nitrogen and oxygen atoms in total. The third kappa shape index (κ3) is 5.21. The normalized spacial score (nSPS) is 11.3. The Bertz CT molecular complexity index is 792. The molecule has 0 radical (unpaired) electrons. The summed E-state index contributed by atoms with van der Waals surface area (Å²) in [5.41, 5.74) is 3.69. The van der Waals surface area contributed by atoms with Crippen LogP contribution in [0.4, 0.5) is 0 Å². The SMILES string of the molecule is CN=C(NCCc1ccccc1)NCCc1ccc(-n2cccn2)cc1. The zero-order valence-electron chi connectivity index (χ0n) is 15.1. The molecule has 0 aliphatic rings. The van der Waals surface area contributed by atoms with Crippen LogP contribution in [0.3, 0.4) is 0 Å². The van der Waals surface area contributed by atoms with E-state index in [1.54, 1.807) is 13.2 Å². The minimum Gasteiger partial charge on any atom is -0.356 e. The van der Waals surface area contributed by atoms with Crippen LogP contribution in [-0.2, 0) is 12.8 Å². The van der Waals surface area contributed by atoms with Gasteiger partial charge in [0, 0.05) is 32.5 Å². The lowest BCUT2D eigenvalue weighted by molar-refractivity contribution is 0.784. The lowest BCUT2D eigenvalue weighted by Gasteiger charge is -2.12. The Morgan fingerprint density at radius 2 is 1.54 bits per heavy atom. The Morgan fingerprint density at radius 1 is 0.885 bits per heavy atom. The van der Waals surface area contributed by atoms with Crippen LogP contribution < -0.4 is 10.6 Å². The smallest absolute Gasteiger partial charge is 0.190 e. The Morgan fingerprint density at radius 3 is 2.12 bits per heavy atom. The monoisotopic (exact) mass is 347 g/mol. The Labute approximate surface area is 154 Å². The number of aromatic nitrogens is 2. The van der Waals surface area contributed by atoms with Gasteiger partial charge in [0.1, 0.15) is 0 Å². The molecule has 0 unspecified atom stereocenters. The maximum atomic E-state index is 4.28. The second-order valence-electron chi connectivity index (χ2n) is 6.03. The molecule has 2 aromatic carbocycles. The highest BCUT2D eigenvalue weighted by molar-refractivity contribution is 5.79. The maximum Gasteiger partial charge on any atom is 0.190 e. The maximum absolute atomic E-state index is 4.28. The van der Waals surface area contributed by atoms with Crippen LogP contribution in [0.15, 0.2) is 78.0 Å². The van der Waals surface area contributed by atoms with Gasteiger partial charge in [-0.1, -0.05) is 42.5 Å². The van der Waals surface area contributed by atoms with E-state index in [2.05, 4.69) is 69.3 Å². The number of rotatable bonds is 7. The second kappa shape index (κ2) is 9.42. The fourth-order valence-electron chi connectivity index (χ4n) is 2.75. The van der Waals surface area contributed by atoms with Crippen molar-refractivity contribution >= 4 is 5.96 Å². The van der Waals surface area contributed by atoms with Gasteiger partial charge in [0.15, 0.2) is 5.96 Å². The van der Waals surface area contributed by atoms with Crippen molar-refractivity contribution in [1.29, 1.82) is 0 Å². The Hall–Kier alpha value is -3.08. The molecule has 0 atom stereocenters. The molecule has 0 saturated heterocycles. The van der Waals surface area contributed by atoms with E-state index in [1.165, 1.54) is 11.1 Å². The highest BCUT2D eigenvalue weighted by Gasteiger charge is 2.00. The summed E-state index contributed by atoms with van der Waals surface area (Å²) in [6, 6.07) is 20.9. The predicted molar refractivity (Wildman–Crippen MR) is 107 cm³/mol. The zero-order valence-corrected chi connectivity index (χ0v) is 15.1. The van der Waals surface area contributed by atoms with E-state index in [0.717, 1.165) is 37.6 Å². The molecule has 1 aromatic heterocycles. The Balaban J connectivity index is 1.40. The average molecular weight is 347 g/mol. The zero-order chi connectivity index (χ0) is 18.0. The fourth-order valence-corrected chi connectivity index (χ4v) is 2.75. The van der Waals surface area contributed by atoms with Gasteiger partial charge in [-0.05, 0) is 42.2 Å². The van der Waals surface area contributed by atoms with Crippen LogP contribution in [0.25, 0.3) is 5.69 Å². The van der Waals surface area contributed by atoms with Gasteiger partial charge in [-0.25, -0.2) is 4.68 Å². The first kappa shape index (κ1) is 17.7. The number of guanidine groups is 1. The van der Waals surface area contributed by atoms with Gasteiger partial charge < -0.3 is 10.6 Å². The van der Waals surface area contributed by atoms with Crippen molar-refractivity contribution in [3.8, 4) is 5.69 Å². The summed E-state index contributed by atoms with van der Waals surface area (Å²) in [7, 11) is 1.80. The van der Waals surface area contributed by atoms with Crippen LogP contribution in [0.1, 0.15) is 11.1 Å². The summed E-state index contributed by atoms with van der Waals surface area (Å²) >= 11 is 0. The highest BCUT2D eigenvalue weighted by Crippen LogP contribution is 2.08. The largest absolute Gasteiger partial charge is 0.356 e. The molecular weight excluding hydrogens is 322 g/mol. The van der Waals surface area contributed by atoms with Gasteiger partial charge in [-0.3, -0.25) is 4.99 Å². The molecule has 0 amide bonds. The lowest BCUT2D eigenvalue weighted by Crippen LogP contribution is -2.39. The molecule has 0 bridgehead atoms. The van der Waals surface area contributed by atoms with Crippen molar-refractivity contribution in [1.82, 2.24) is 20.4 Å². The molecule has 1 heterocycles. The first-order valence-corrected chi connectivity index (χ1v) is 8.92. The number of benzene rings is 2. The van der Waals surface area contributed by atoms with Crippen molar-refractivity contribution in [3.05, 3.63) is 84.2 Å². The standard InChI is InChI=1S/C21H25N5/c1-22-21(23-15-12-18-6-3-2-4-7-18)24-16-13-19-8-10-20(11-9-19)26-17-5-14-25-26/h2-11,14,17H,12-13,15-16H2,1H3,(H2,22,23,24). The van der Waals surface area contributed by atoms with Crippen LogP contribution in [0.2, 0.25) is 0 Å². The van der Waals surface area contributed by atoms with Gasteiger partial charge in [0.25, 0.3) is 0 Å². The molecule has 3 aromatic rings. The molecule has 0 aliphatic heterocycles. The van der Waals surface area contributed by atoms with Crippen molar-refractivity contribution in [2.45, 2.75) is 12.8 Å². The predicted octanol–water partition coefficient (Wildman–Crippen LogP) is 2.82. The van der Waals surface area contributed by atoms with Crippen LogP contribution in [-0.4, -0.2) is 35.9 Å². The summed E-state index contributed by atoms with van der Waals surface area (Å²) in [6.07, 6.45) is 5.66. The third-order valence-corrected chi connectivity index (χ3v) is 4.18. The molecule has 2 N–H and O–H groups in total. The molecule has 26 heavy (non-hydrogen) atoms. The topological polar surface area (TPSA) is 54.2 Å². The third-order valence-electron chi connectivity index (χ3n) is 4.18. The minimum atomic E-state index is 0.839. The number of hydrogen-bond acceptors (Lipinski definition) is 2. The van der Waals surface area contributed by atoms with Crippen molar-refractivity contribution in [3.63, 3.8) is 0 Å². The summed E-state index contributed by atoms with van der Waals surface area (Å²) in [4.78, 5) is 4.28. The first-order valence-electron chi connectivity index (χ1n) is 8.92. The van der Waals surface area contributed by atoms with Gasteiger partial charge in [0.05, 0.1) is 5.69 Å². The van der Waals surface area contributed by atoms with E-state index in [0.29, 0.717) is 0 Å². The summed E-state index contributed by atoms with van der Waals surface area (Å²) < 4.78 is 1.86. The average Bonchev–Trinajstić information content (AvgIpc) is 3.23. The molecular formula is C21H25N5. The van der Waals surface area contributed by atoms with Gasteiger partial charge in [-0.15, -0.1) is 0 Å². The summed E-state index contributed by atoms with van der Waals surface area (Å²) in [6.45, 7) is 1.70. The number of nitrogens with one attached hydrogen (secondary N) is 2. The van der Waals surface area contributed by atoms with Crippen molar-refractivity contribution in [2.24, 2.45) is 4.99 Å². The lowest BCUT2D eigenvalue weighted by atomic mass is 10.1. The summed E-state index contributed by atoms with van der Waals surface area (Å²) in [5, 5.41) is 11.0. The molecule has 3 rings (SSSR count). The molecule has 134 valence electrons.